The summed E-state index contributed by atoms with van der Waals surface area (Å²) >= 11 is 3.17. The summed E-state index contributed by atoms with van der Waals surface area (Å²) in [5.74, 6) is -0.835. The van der Waals surface area contributed by atoms with Crippen molar-refractivity contribution in [2.24, 2.45) is 0 Å². The molecule has 2 aromatic carbocycles. The zero-order chi connectivity index (χ0) is 18.4. The van der Waals surface area contributed by atoms with Crippen LogP contribution in [0.3, 0.4) is 0 Å². The first-order chi connectivity index (χ1) is 12.6. The molecule has 0 saturated carbocycles. The summed E-state index contributed by atoms with van der Waals surface area (Å²) in [6.07, 6.45) is 4.32. The summed E-state index contributed by atoms with van der Waals surface area (Å²) in [7, 11) is 0. The van der Waals surface area contributed by atoms with Crippen LogP contribution in [-0.4, -0.2) is 17.5 Å². The number of amides is 1. The van der Waals surface area contributed by atoms with E-state index in [4.69, 9.17) is 4.74 Å². The SMILES string of the molecule is O=C(COc1ccc(Br)cc1F)Nc1ccc(Cc2ccncc2)cc1. The second kappa shape index (κ2) is 8.58. The number of halogens is 2. The van der Waals surface area contributed by atoms with Crippen LogP contribution in [0.25, 0.3) is 0 Å². The number of benzene rings is 2. The molecule has 0 saturated heterocycles. The van der Waals surface area contributed by atoms with Gasteiger partial charge in [0.25, 0.3) is 5.91 Å². The predicted octanol–water partition coefficient (Wildman–Crippen LogP) is 4.59. The molecule has 1 amide bonds. The van der Waals surface area contributed by atoms with Crippen molar-refractivity contribution in [3.05, 3.63) is 88.4 Å². The van der Waals surface area contributed by atoms with E-state index in [1.165, 1.54) is 17.7 Å². The van der Waals surface area contributed by atoms with Crippen molar-refractivity contribution < 1.29 is 13.9 Å². The minimum Gasteiger partial charge on any atom is -0.481 e. The smallest absolute Gasteiger partial charge is 0.262 e. The number of hydrogen-bond acceptors (Lipinski definition) is 3. The molecule has 0 aliphatic heterocycles. The van der Waals surface area contributed by atoms with E-state index in [1.54, 1.807) is 18.5 Å². The zero-order valence-corrected chi connectivity index (χ0v) is 15.4. The number of anilines is 1. The number of nitrogens with zero attached hydrogens (tertiary/aromatic N) is 1. The molecule has 1 heterocycles. The molecule has 1 N–H and O–H groups in total. The van der Waals surface area contributed by atoms with Crippen molar-refractivity contribution in [1.29, 1.82) is 0 Å². The molecule has 0 radical (unpaired) electrons. The molecule has 132 valence electrons. The summed E-state index contributed by atoms with van der Waals surface area (Å²) in [6.45, 7) is -0.267. The number of hydrogen-bond donors (Lipinski definition) is 1. The third-order valence-electron chi connectivity index (χ3n) is 3.65. The van der Waals surface area contributed by atoms with E-state index in [-0.39, 0.29) is 18.3 Å². The predicted molar refractivity (Wildman–Crippen MR) is 102 cm³/mol. The minimum atomic E-state index is -0.521. The van der Waals surface area contributed by atoms with E-state index in [1.807, 2.05) is 36.4 Å². The summed E-state index contributed by atoms with van der Waals surface area (Å²) in [4.78, 5) is 16.0. The van der Waals surface area contributed by atoms with Gasteiger partial charge >= 0.3 is 0 Å². The van der Waals surface area contributed by atoms with E-state index >= 15 is 0 Å². The molecule has 6 heteroatoms. The molecule has 0 fully saturated rings. The Morgan fingerprint density at radius 1 is 1.04 bits per heavy atom. The highest BCUT2D eigenvalue weighted by molar-refractivity contribution is 9.10. The maximum absolute atomic E-state index is 13.7. The van der Waals surface area contributed by atoms with Gasteiger partial charge in [-0.3, -0.25) is 9.78 Å². The molecule has 0 unspecified atom stereocenters. The Bertz CT molecular complexity index is 886. The lowest BCUT2D eigenvalue weighted by atomic mass is 10.1. The number of carbonyl (C=O) groups is 1. The number of carbonyl (C=O) groups excluding carboxylic acids is 1. The van der Waals surface area contributed by atoms with Crippen LogP contribution in [0.2, 0.25) is 0 Å². The van der Waals surface area contributed by atoms with Crippen LogP contribution in [0.4, 0.5) is 10.1 Å². The molecular formula is C20H16BrFN2O2. The van der Waals surface area contributed by atoms with E-state index in [0.29, 0.717) is 10.2 Å². The van der Waals surface area contributed by atoms with E-state index < -0.39 is 5.82 Å². The first-order valence-electron chi connectivity index (χ1n) is 7.96. The first kappa shape index (κ1) is 18.1. The van der Waals surface area contributed by atoms with Crippen LogP contribution >= 0.6 is 15.9 Å². The highest BCUT2D eigenvalue weighted by Crippen LogP contribution is 2.21. The molecule has 26 heavy (non-hydrogen) atoms. The van der Waals surface area contributed by atoms with Crippen LogP contribution in [0.15, 0.2) is 71.5 Å². The monoisotopic (exact) mass is 414 g/mol. The Morgan fingerprint density at radius 3 is 2.42 bits per heavy atom. The molecule has 0 aliphatic carbocycles. The van der Waals surface area contributed by atoms with E-state index in [2.05, 4.69) is 26.2 Å². The molecule has 1 aromatic heterocycles. The van der Waals surface area contributed by atoms with E-state index in [9.17, 15) is 9.18 Å². The Morgan fingerprint density at radius 2 is 1.73 bits per heavy atom. The fourth-order valence-electron chi connectivity index (χ4n) is 2.37. The van der Waals surface area contributed by atoms with Crippen molar-refractivity contribution in [2.45, 2.75) is 6.42 Å². The quantitative estimate of drug-likeness (QED) is 0.641. The van der Waals surface area contributed by atoms with Crippen LogP contribution in [-0.2, 0) is 11.2 Å². The van der Waals surface area contributed by atoms with Gasteiger partial charge < -0.3 is 10.1 Å². The van der Waals surface area contributed by atoms with Gasteiger partial charge in [0.2, 0.25) is 0 Å². The highest BCUT2D eigenvalue weighted by Gasteiger charge is 2.08. The Hall–Kier alpha value is -2.73. The molecule has 0 spiro atoms. The lowest BCUT2D eigenvalue weighted by Crippen LogP contribution is -2.20. The largest absolute Gasteiger partial charge is 0.481 e. The van der Waals surface area contributed by atoms with Crippen molar-refractivity contribution in [3.8, 4) is 5.75 Å². The maximum atomic E-state index is 13.7. The van der Waals surface area contributed by atoms with Crippen molar-refractivity contribution >= 4 is 27.5 Å². The molecule has 4 nitrogen and oxygen atoms in total. The van der Waals surface area contributed by atoms with Gasteiger partial charge in [0.05, 0.1) is 0 Å². The lowest BCUT2D eigenvalue weighted by molar-refractivity contribution is -0.118. The zero-order valence-electron chi connectivity index (χ0n) is 13.8. The third-order valence-corrected chi connectivity index (χ3v) is 4.14. The Kier molecular flexibility index (Phi) is 5.96. The second-order valence-electron chi connectivity index (χ2n) is 5.64. The van der Waals surface area contributed by atoms with Gasteiger partial charge in [0, 0.05) is 22.6 Å². The molecular weight excluding hydrogens is 399 g/mol. The standard InChI is InChI=1S/C20H16BrFN2O2/c21-16-3-6-19(18(22)12-16)26-13-20(25)24-17-4-1-14(2-5-17)11-15-7-9-23-10-8-15/h1-10,12H,11,13H2,(H,24,25). The molecule has 0 aliphatic rings. The number of aromatic nitrogens is 1. The van der Waals surface area contributed by atoms with Crippen LogP contribution in [0.5, 0.6) is 5.75 Å². The number of ether oxygens (including phenoxy) is 1. The molecule has 0 bridgehead atoms. The Labute approximate surface area is 159 Å². The average molecular weight is 415 g/mol. The summed E-state index contributed by atoms with van der Waals surface area (Å²) in [5, 5.41) is 2.73. The van der Waals surface area contributed by atoms with Gasteiger partial charge in [0.15, 0.2) is 18.2 Å². The van der Waals surface area contributed by atoms with Gasteiger partial charge in [0.1, 0.15) is 0 Å². The van der Waals surface area contributed by atoms with Crippen LogP contribution in [0.1, 0.15) is 11.1 Å². The second-order valence-corrected chi connectivity index (χ2v) is 6.56. The molecule has 3 aromatic rings. The summed E-state index contributed by atoms with van der Waals surface area (Å²) < 4.78 is 19.5. The topological polar surface area (TPSA) is 51.2 Å². The highest BCUT2D eigenvalue weighted by atomic mass is 79.9. The van der Waals surface area contributed by atoms with Gasteiger partial charge in [-0.2, -0.15) is 0 Å². The summed E-state index contributed by atoms with van der Waals surface area (Å²) in [5.41, 5.74) is 2.96. The fourth-order valence-corrected chi connectivity index (χ4v) is 2.71. The fraction of sp³-hybridized carbons (Fsp3) is 0.100. The minimum absolute atomic E-state index is 0.0380. The number of pyridine rings is 1. The number of nitrogens with one attached hydrogen (secondary N) is 1. The average Bonchev–Trinajstić information content (AvgIpc) is 2.63. The normalized spacial score (nSPS) is 10.4. The van der Waals surface area contributed by atoms with Crippen LogP contribution in [0, 0.1) is 5.82 Å². The van der Waals surface area contributed by atoms with E-state index in [0.717, 1.165) is 12.0 Å². The van der Waals surface area contributed by atoms with Gasteiger partial charge in [-0.25, -0.2) is 4.39 Å². The summed E-state index contributed by atoms with van der Waals surface area (Å²) in [6, 6.07) is 15.9. The van der Waals surface area contributed by atoms with Gasteiger partial charge in [-0.05, 0) is 60.0 Å². The van der Waals surface area contributed by atoms with Crippen LogP contribution < -0.4 is 10.1 Å². The molecule has 3 rings (SSSR count). The van der Waals surface area contributed by atoms with Crippen molar-refractivity contribution in [2.75, 3.05) is 11.9 Å². The third kappa shape index (κ3) is 5.13. The maximum Gasteiger partial charge on any atom is 0.262 e. The number of rotatable bonds is 6. The Balaban J connectivity index is 1.52. The lowest BCUT2D eigenvalue weighted by Gasteiger charge is -2.09. The van der Waals surface area contributed by atoms with Gasteiger partial charge in [-0.15, -0.1) is 0 Å². The van der Waals surface area contributed by atoms with Crippen molar-refractivity contribution in [1.82, 2.24) is 4.98 Å². The van der Waals surface area contributed by atoms with Crippen molar-refractivity contribution in [3.63, 3.8) is 0 Å². The molecule has 0 atom stereocenters. The first-order valence-corrected chi connectivity index (χ1v) is 8.75. The van der Waals surface area contributed by atoms with Gasteiger partial charge in [-0.1, -0.05) is 28.1 Å².